The topological polar surface area (TPSA) is 67.4 Å². The van der Waals surface area contributed by atoms with Gasteiger partial charge in [-0.15, -0.1) is 0 Å². The monoisotopic (exact) mass is 320 g/mol. The van der Waals surface area contributed by atoms with Gasteiger partial charge in [-0.25, -0.2) is 8.42 Å². The number of methoxy groups -OCH3 is 1. The minimum absolute atomic E-state index is 0.250. The summed E-state index contributed by atoms with van der Waals surface area (Å²) in [5, 5.41) is 3.17. The third-order valence-electron chi connectivity index (χ3n) is 3.10. The largest absolute Gasteiger partial charge is 0.383 e. The van der Waals surface area contributed by atoms with Crippen LogP contribution in [0.1, 0.15) is 5.56 Å². The van der Waals surface area contributed by atoms with Gasteiger partial charge in [0.1, 0.15) is 0 Å². The van der Waals surface area contributed by atoms with Gasteiger partial charge in [0.05, 0.1) is 11.5 Å². The first-order valence-corrected chi connectivity index (χ1v) is 8.42. The molecule has 0 amide bonds. The average molecular weight is 320 g/mol. The zero-order valence-corrected chi connectivity index (χ0v) is 13.5. The molecule has 0 spiro atoms. The fraction of sp³-hybridized carbons (Fsp3) is 0.250. The Hall–Kier alpha value is -2.05. The first-order valence-electron chi connectivity index (χ1n) is 6.93. The minimum atomic E-state index is -3.55. The van der Waals surface area contributed by atoms with Crippen molar-refractivity contribution in [2.24, 2.45) is 0 Å². The summed E-state index contributed by atoms with van der Waals surface area (Å²) in [6.07, 6.45) is 0. The molecule has 2 rings (SSSR count). The smallest absolute Gasteiger partial charge is 0.261 e. The molecule has 0 bridgehead atoms. The van der Waals surface area contributed by atoms with E-state index in [2.05, 4.69) is 10.0 Å². The molecule has 0 atom stereocenters. The molecule has 0 unspecified atom stereocenters. The SMILES string of the molecule is COCCNc1ccc(NS(=O)(=O)c2ccc(C)cc2)cc1. The van der Waals surface area contributed by atoms with E-state index in [1.54, 1.807) is 43.5 Å². The maximum absolute atomic E-state index is 12.3. The number of hydrogen-bond acceptors (Lipinski definition) is 4. The van der Waals surface area contributed by atoms with E-state index in [-0.39, 0.29) is 4.90 Å². The first-order chi connectivity index (χ1) is 10.5. The lowest BCUT2D eigenvalue weighted by atomic mass is 10.2. The zero-order chi connectivity index (χ0) is 16.0. The van der Waals surface area contributed by atoms with Gasteiger partial charge in [0.25, 0.3) is 10.0 Å². The van der Waals surface area contributed by atoms with Crippen molar-refractivity contribution in [2.45, 2.75) is 11.8 Å². The fourth-order valence-corrected chi connectivity index (χ4v) is 2.94. The van der Waals surface area contributed by atoms with Crippen LogP contribution in [0, 0.1) is 6.92 Å². The molecule has 0 heterocycles. The van der Waals surface area contributed by atoms with Gasteiger partial charge in [-0.2, -0.15) is 0 Å². The van der Waals surface area contributed by atoms with E-state index in [0.29, 0.717) is 18.8 Å². The van der Waals surface area contributed by atoms with Gasteiger partial charge < -0.3 is 10.1 Å². The van der Waals surface area contributed by atoms with E-state index in [1.807, 2.05) is 19.1 Å². The molecule has 0 saturated carbocycles. The lowest BCUT2D eigenvalue weighted by molar-refractivity contribution is 0.211. The Morgan fingerprint density at radius 2 is 1.55 bits per heavy atom. The van der Waals surface area contributed by atoms with Crippen LogP contribution in [0.25, 0.3) is 0 Å². The number of rotatable bonds is 7. The number of anilines is 2. The van der Waals surface area contributed by atoms with Crippen LogP contribution in [0.5, 0.6) is 0 Å². The minimum Gasteiger partial charge on any atom is -0.383 e. The van der Waals surface area contributed by atoms with Gasteiger partial charge in [0.2, 0.25) is 0 Å². The van der Waals surface area contributed by atoms with Crippen molar-refractivity contribution in [3.05, 3.63) is 54.1 Å². The highest BCUT2D eigenvalue weighted by molar-refractivity contribution is 7.92. The van der Waals surface area contributed by atoms with Crippen LogP contribution in [0.2, 0.25) is 0 Å². The van der Waals surface area contributed by atoms with Gasteiger partial charge in [-0.3, -0.25) is 4.72 Å². The molecular weight excluding hydrogens is 300 g/mol. The van der Waals surface area contributed by atoms with E-state index in [0.717, 1.165) is 11.3 Å². The number of sulfonamides is 1. The molecule has 0 aromatic heterocycles. The fourth-order valence-electron chi connectivity index (χ4n) is 1.89. The predicted molar refractivity (Wildman–Crippen MR) is 88.8 cm³/mol. The van der Waals surface area contributed by atoms with Crippen molar-refractivity contribution in [3.8, 4) is 0 Å². The molecule has 0 saturated heterocycles. The second kappa shape index (κ2) is 7.29. The highest BCUT2D eigenvalue weighted by atomic mass is 32.2. The quantitative estimate of drug-likeness (QED) is 0.770. The number of benzene rings is 2. The summed E-state index contributed by atoms with van der Waals surface area (Å²) in [5.41, 5.74) is 2.46. The van der Waals surface area contributed by atoms with Gasteiger partial charge >= 0.3 is 0 Å². The number of aryl methyl sites for hydroxylation is 1. The predicted octanol–water partition coefficient (Wildman–Crippen LogP) is 2.85. The number of nitrogens with one attached hydrogen (secondary N) is 2. The van der Waals surface area contributed by atoms with E-state index in [9.17, 15) is 8.42 Å². The Labute approximate surface area is 131 Å². The summed E-state index contributed by atoms with van der Waals surface area (Å²) in [5.74, 6) is 0. The number of ether oxygens (including phenoxy) is 1. The molecule has 5 nitrogen and oxygen atoms in total. The Balaban J connectivity index is 2.05. The average Bonchev–Trinajstić information content (AvgIpc) is 2.49. The van der Waals surface area contributed by atoms with Crippen LogP contribution < -0.4 is 10.0 Å². The van der Waals surface area contributed by atoms with Gasteiger partial charge in [-0.1, -0.05) is 17.7 Å². The molecule has 0 aliphatic carbocycles. The number of hydrogen-bond donors (Lipinski definition) is 2. The Bertz CT molecular complexity index is 695. The van der Waals surface area contributed by atoms with Crippen LogP contribution in [-0.2, 0) is 14.8 Å². The Morgan fingerprint density at radius 1 is 0.955 bits per heavy atom. The van der Waals surface area contributed by atoms with Crippen molar-refractivity contribution >= 4 is 21.4 Å². The second-order valence-electron chi connectivity index (χ2n) is 4.92. The maximum atomic E-state index is 12.3. The summed E-state index contributed by atoms with van der Waals surface area (Å²) in [6, 6.07) is 13.8. The van der Waals surface area contributed by atoms with Crippen LogP contribution in [0.3, 0.4) is 0 Å². The highest BCUT2D eigenvalue weighted by Gasteiger charge is 2.13. The maximum Gasteiger partial charge on any atom is 0.261 e. The molecule has 0 aliphatic heterocycles. The zero-order valence-electron chi connectivity index (χ0n) is 12.7. The summed E-state index contributed by atoms with van der Waals surface area (Å²) >= 11 is 0. The van der Waals surface area contributed by atoms with Gasteiger partial charge in [0, 0.05) is 25.0 Å². The van der Waals surface area contributed by atoms with Crippen LogP contribution in [-0.4, -0.2) is 28.7 Å². The highest BCUT2D eigenvalue weighted by Crippen LogP contribution is 2.18. The van der Waals surface area contributed by atoms with Gasteiger partial charge in [-0.05, 0) is 43.3 Å². The van der Waals surface area contributed by atoms with Crippen LogP contribution >= 0.6 is 0 Å². The van der Waals surface area contributed by atoms with E-state index >= 15 is 0 Å². The standard InChI is InChI=1S/C16H20N2O3S/c1-13-3-9-16(10-4-13)22(19,20)18-15-7-5-14(6-8-15)17-11-12-21-2/h3-10,17-18H,11-12H2,1-2H3. The molecule has 0 fully saturated rings. The Morgan fingerprint density at radius 3 is 2.14 bits per heavy atom. The van der Waals surface area contributed by atoms with E-state index in [4.69, 9.17) is 4.74 Å². The van der Waals surface area contributed by atoms with Crippen molar-refractivity contribution in [1.29, 1.82) is 0 Å². The summed E-state index contributed by atoms with van der Waals surface area (Å²) in [7, 11) is -1.91. The van der Waals surface area contributed by atoms with Crippen molar-refractivity contribution < 1.29 is 13.2 Å². The van der Waals surface area contributed by atoms with Crippen LogP contribution in [0.15, 0.2) is 53.4 Å². The third kappa shape index (κ3) is 4.47. The van der Waals surface area contributed by atoms with E-state index in [1.165, 1.54) is 0 Å². The first kappa shape index (κ1) is 16.3. The molecule has 22 heavy (non-hydrogen) atoms. The second-order valence-corrected chi connectivity index (χ2v) is 6.60. The summed E-state index contributed by atoms with van der Waals surface area (Å²) in [6.45, 7) is 3.23. The molecule has 2 aromatic rings. The van der Waals surface area contributed by atoms with Gasteiger partial charge in [0.15, 0.2) is 0 Å². The molecular formula is C16H20N2O3S. The van der Waals surface area contributed by atoms with Crippen LogP contribution in [0.4, 0.5) is 11.4 Å². The molecule has 0 aliphatic rings. The normalized spacial score (nSPS) is 11.2. The summed E-state index contributed by atoms with van der Waals surface area (Å²) in [4.78, 5) is 0.250. The Kier molecular flexibility index (Phi) is 5.41. The van der Waals surface area contributed by atoms with E-state index < -0.39 is 10.0 Å². The van der Waals surface area contributed by atoms with Crippen molar-refractivity contribution in [1.82, 2.24) is 0 Å². The molecule has 0 radical (unpaired) electrons. The summed E-state index contributed by atoms with van der Waals surface area (Å²) < 4.78 is 32.1. The molecule has 2 aromatic carbocycles. The third-order valence-corrected chi connectivity index (χ3v) is 4.50. The van der Waals surface area contributed by atoms with Crippen molar-refractivity contribution in [2.75, 3.05) is 30.3 Å². The molecule has 118 valence electrons. The lowest BCUT2D eigenvalue weighted by Gasteiger charge is -2.10. The van der Waals surface area contributed by atoms with Crippen molar-refractivity contribution in [3.63, 3.8) is 0 Å². The molecule has 6 heteroatoms. The molecule has 2 N–H and O–H groups in total. The lowest BCUT2D eigenvalue weighted by Crippen LogP contribution is -2.13.